The number of hydrogen-bond acceptors (Lipinski definition) is 6. The van der Waals surface area contributed by atoms with Crippen molar-refractivity contribution in [2.24, 2.45) is 0 Å². The first-order valence-corrected chi connectivity index (χ1v) is 10.6. The first kappa shape index (κ1) is 24.5. The van der Waals surface area contributed by atoms with Crippen LogP contribution in [0, 0.1) is 0 Å². The molecule has 0 aliphatic carbocycles. The normalized spacial score (nSPS) is 17.9. The summed E-state index contributed by atoms with van der Waals surface area (Å²) in [6.45, 7) is 8.13. The molecular weight excluding hydrogens is 400 g/mol. The van der Waals surface area contributed by atoms with Gasteiger partial charge in [-0.25, -0.2) is 9.59 Å². The molecule has 0 unspecified atom stereocenters. The number of anilines is 1. The molecule has 4 amide bonds. The van der Waals surface area contributed by atoms with Gasteiger partial charge in [0.25, 0.3) is 0 Å². The third-order valence-corrected chi connectivity index (χ3v) is 4.93. The number of rotatable bonds is 6. The molecule has 0 saturated carbocycles. The highest BCUT2D eigenvalue weighted by Crippen LogP contribution is 2.20. The van der Waals surface area contributed by atoms with E-state index < -0.39 is 23.6 Å². The molecule has 1 aliphatic rings. The predicted molar refractivity (Wildman–Crippen MR) is 118 cm³/mol. The van der Waals surface area contributed by atoms with Crippen molar-refractivity contribution in [3.63, 3.8) is 0 Å². The summed E-state index contributed by atoms with van der Waals surface area (Å²) < 4.78 is 10.4. The van der Waals surface area contributed by atoms with E-state index >= 15 is 0 Å². The molecule has 9 heteroatoms. The molecular formula is C22H34N4O5. The second kappa shape index (κ2) is 11.0. The number of nitrogens with one attached hydrogen (secondary N) is 3. The molecule has 1 fully saturated rings. The van der Waals surface area contributed by atoms with Crippen molar-refractivity contribution in [3.8, 4) is 5.75 Å². The van der Waals surface area contributed by atoms with Gasteiger partial charge in [-0.2, -0.15) is 0 Å². The summed E-state index contributed by atoms with van der Waals surface area (Å²) in [4.78, 5) is 38.7. The van der Waals surface area contributed by atoms with Crippen LogP contribution in [0.15, 0.2) is 24.3 Å². The van der Waals surface area contributed by atoms with Crippen molar-refractivity contribution >= 4 is 23.7 Å². The van der Waals surface area contributed by atoms with Gasteiger partial charge in [0.2, 0.25) is 5.91 Å². The lowest BCUT2D eigenvalue weighted by Gasteiger charge is -2.39. The van der Waals surface area contributed by atoms with Gasteiger partial charge in [-0.1, -0.05) is 6.42 Å². The van der Waals surface area contributed by atoms with Crippen molar-refractivity contribution in [1.82, 2.24) is 15.5 Å². The molecule has 0 spiro atoms. The van der Waals surface area contributed by atoms with Crippen LogP contribution in [-0.2, 0) is 9.53 Å². The van der Waals surface area contributed by atoms with Crippen LogP contribution in [0.5, 0.6) is 5.75 Å². The number of carbonyl (C=O) groups excluding carboxylic acids is 3. The zero-order valence-corrected chi connectivity index (χ0v) is 19.0. The summed E-state index contributed by atoms with van der Waals surface area (Å²) >= 11 is 0. The number of hydrogen-bond donors (Lipinski definition) is 3. The first-order chi connectivity index (χ1) is 14.6. The fourth-order valence-electron chi connectivity index (χ4n) is 3.56. The molecule has 31 heavy (non-hydrogen) atoms. The zero-order valence-electron chi connectivity index (χ0n) is 19.0. The third kappa shape index (κ3) is 8.45. The molecule has 3 N–H and O–H groups in total. The second-order valence-electron chi connectivity index (χ2n) is 8.70. The summed E-state index contributed by atoms with van der Waals surface area (Å²) in [6.07, 6.45) is 2.35. The van der Waals surface area contributed by atoms with Gasteiger partial charge in [0.05, 0.1) is 13.7 Å². The maximum absolute atomic E-state index is 12.4. The molecule has 0 radical (unpaired) electrons. The van der Waals surface area contributed by atoms with E-state index in [1.165, 1.54) is 0 Å². The molecule has 1 aliphatic heterocycles. The van der Waals surface area contributed by atoms with Crippen molar-refractivity contribution in [2.45, 2.75) is 64.6 Å². The van der Waals surface area contributed by atoms with E-state index in [0.29, 0.717) is 11.4 Å². The summed E-state index contributed by atoms with van der Waals surface area (Å²) in [7, 11) is 1.56. The van der Waals surface area contributed by atoms with Crippen LogP contribution < -0.4 is 20.7 Å². The number of benzene rings is 1. The smallest absolute Gasteiger partial charge is 0.407 e. The summed E-state index contributed by atoms with van der Waals surface area (Å²) in [5.74, 6) is 0.273. The summed E-state index contributed by atoms with van der Waals surface area (Å²) in [5.41, 5.74) is -0.0233. The number of urea groups is 1. The number of alkyl carbamates (subject to hydrolysis) is 1. The third-order valence-electron chi connectivity index (χ3n) is 4.93. The Bertz CT molecular complexity index is 760. The maximum Gasteiger partial charge on any atom is 0.407 e. The topological polar surface area (TPSA) is 109 Å². The zero-order chi connectivity index (χ0) is 23.0. The Morgan fingerprint density at radius 2 is 1.84 bits per heavy atom. The minimum atomic E-state index is -0.594. The van der Waals surface area contributed by atoms with Crippen LogP contribution in [0.1, 0.15) is 47.0 Å². The molecule has 1 heterocycles. The Labute approximate surface area is 183 Å². The summed E-state index contributed by atoms with van der Waals surface area (Å²) in [5, 5.41) is 7.85. The van der Waals surface area contributed by atoms with Gasteiger partial charge in [-0.3, -0.25) is 15.0 Å². The Balaban J connectivity index is 1.87. The highest BCUT2D eigenvalue weighted by atomic mass is 16.6. The molecule has 2 rings (SSSR count). The van der Waals surface area contributed by atoms with Gasteiger partial charge in [-0.15, -0.1) is 0 Å². The molecule has 2 atom stereocenters. The Hall–Kier alpha value is -2.81. The molecule has 172 valence electrons. The number of nitrogens with zero attached hydrogens (tertiary/aromatic N) is 1. The lowest BCUT2D eigenvalue weighted by molar-refractivity contribution is -0.122. The minimum Gasteiger partial charge on any atom is -0.497 e. The van der Waals surface area contributed by atoms with Gasteiger partial charge in [0.15, 0.2) is 0 Å². The number of amides is 4. The molecule has 1 aromatic carbocycles. The number of likely N-dealkylation sites (tertiary alicyclic amines) is 1. The van der Waals surface area contributed by atoms with Crippen LogP contribution in [0.4, 0.5) is 15.3 Å². The highest BCUT2D eigenvalue weighted by Gasteiger charge is 2.30. The molecule has 9 nitrogen and oxygen atoms in total. The average Bonchev–Trinajstić information content (AvgIpc) is 2.67. The van der Waals surface area contributed by atoms with E-state index in [1.807, 2.05) is 32.6 Å². The van der Waals surface area contributed by atoms with Crippen LogP contribution >= 0.6 is 0 Å². The Kier molecular flexibility index (Phi) is 8.67. The Morgan fingerprint density at radius 3 is 2.45 bits per heavy atom. The Morgan fingerprint density at radius 1 is 1.16 bits per heavy atom. The van der Waals surface area contributed by atoms with E-state index in [1.54, 1.807) is 31.4 Å². The fourth-order valence-corrected chi connectivity index (χ4v) is 3.56. The van der Waals surface area contributed by atoms with Crippen LogP contribution in [0.25, 0.3) is 0 Å². The molecule has 0 bridgehead atoms. The second-order valence-corrected chi connectivity index (χ2v) is 8.70. The van der Waals surface area contributed by atoms with E-state index in [0.717, 1.165) is 25.8 Å². The first-order valence-electron chi connectivity index (χ1n) is 10.6. The standard InChI is InChI=1S/C22H34N4O5/c1-15(23-21(29)31-22(2,3)4)18-8-6-7-13-26(18)14-19(27)25-20(28)24-16-9-11-17(30-5)12-10-16/h9-12,15,18H,6-8,13-14H2,1-5H3,(H,23,29)(H2,24,25,27,28)/t15-,18-/m1/s1. The quantitative estimate of drug-likeness (QED) is 0.635. The molecule has 0 aromatic heterocycles. The SMILES string of the molecule is COc1ccc(NC(=O)NC(=O)CN2CCCC[C@@H]2[C@@H](C)NC(=O)OC(C)(C)C)cc1. The summed E-state index contributed by atoms with van der Waals surface area (Å²) in [6, 6.07) is 6.00. The fraction of sp³-hybridized carbons (Fsp3) is 0.591. The average molecular weight is 435 g/mol. The molecule has 1 saturated heterocycles. The van der Waals surface area contributed by atoms with Gasteiger partial charge in [-0.05, 0) is 71.3 Å². The van der Waals surface area contributed by atoms with Crippen LogP contribution in [0.2, 0.25) is 0 Å². The van der Waals surface area contributed by atoms with Crippen molar-refractivity contribution in [1.29, 1.82) is 0 Å². The van der Waals surface area contributed by atoms with E-state index in [9.17, 15) is 14.4 Å². The minimum absolute atomic E-state index is 0.0170. The van der Waals surface area contributed by atoms with E-state index in [-0.39, 0.29) is 18.6 Å². The lowest BCUT2D eigenvalue weighted by atomic mass is 9.96. The number of carbonyl (C=O) groups is 3. The van der Waals surface area contributed by atoms with E-state index in [2.05, 4.69) is 16.0 Å². The number of piperidine rings is 1. The number of methoxy groups -OCH3 is 1. The largest absolute Gasteiger partial charge is 0.497 e. The maximum atomic E-state index is 12.4. The van der Waals surface area contributed by atoms with Crippen molar-refractivity contribution in [3.05, 3.63) is 24.3 Å². The lowest BCUT2D eigenvalue weighted by Crippen LogP contribution is -2.55. The molecule has 1 aromatic rings. The van der Waals surface area contributed by atoms with Gasteiger partial charge < -0.3 is 20.1 Å². The van der Waals surface area contributed by atoms with E-state index in [4.69, 9.17) is 9.47 Å². The highest BCUT2D eigenvalue weighted by molar-refractivity contribution is 6.01. The monoisotopic (exact) mass is 434 g/mol. The van der Waals surface area contributed by atoms with Crippen LogP contribution in [-0.4, -0.2) is 60.8 Å². The van der Waals surface area contributed by atoms with Crippen LogP contribution in [0.3, 0.4) is 0 Å². The number of ether oxygens (including phenoxy) is 2. The van der Waals surface area contributed by atoms with Gasteiger partial charge in [0, 0.05) is 17.8 Å². The van der Waals surface area contributed by atoms with Crippen molar-refractivity contribution in [2.75, 3.05) is 25.5 Å². The van der Waals surface area contributed by atoms with Gasteiger partial charge >= 0.3 is 12.1 Å². The number of imide groups is 1. The predicted octanol–water partition coefficient (Wildman–Crippen LogP) is 3.11. The van der Waals surface area contributed by atoms with Gasteiger partial charge in [0.1, 0.15) is 11.4 Å². The van der Waals surface area contributed by atoms with Crippen molar-refractivity contribution < 1.29 is 23.9 Å².